The van der Waals surface area contributed by atoms with Crippen molar-refractivity contribution in [3.63, 3.8) is 0 Å². The van der Waals surface area contributed by atoms with Gasteiger partial charge in [-0.2, -0.15) is 0 Å². The number of carbonyl (C=O) groups excluding carboxylic acids is 2. The van der Waals surface area contributed by atoms with Gasteiger partial charge in [-0.1, -0.05) is 373 Å². The quantitative estimate of drug-likeness (QED) is 0.0320. The summed E-state index contributed by atoms with van der Waals surface area (Å²) >= 11 is 0. The zero-order chi connectivity index (χ0) is 57.8. The molecule has 0 heterocycles. The molecular formula is C74H145NO5. The highest BCUT2D eigenvalue weighted by Crippen LogP contribution is 2.19. The van der Waals surface area contributed by atoms with Crippen molar-refractivity contribution in [3.8, 4) is 0 Å². The Labute approximate surface area is 501 Å². The number of carbonyl (C=O) groups is 2. The van der Waals surface area contributed by atoms with E-state index < -0.39 is 12.1 Å². The van der Waals surface area contributed by atoms with Crippen LogP contribution in [0.1, 0.15) is 425 Å². The Morgan fingerprint density at radius 2 is 0.588 bits per heavy atom. The summed E-state index contributed by atoms with van der Waals surface area (Å²) in [6.45, 7) is 5.00. The maximum absolute atomic E-state index is 12.5. The zero-order valence-electron chi connectivity index (χ0n) is 54.6. The van der Waals surface area contributed by atoms with Gasteiger partial charge in [0, 0.05) is 12.8 Å². The van der Waals surface area contributed by atoms with Crippen LogP contribution in [0.15, 0.2) is 12.2 Å². The molecule has 2 atom stereocenters. The van der Waals surface area contributed by atoms with Gasteiger partial charge in [0.05, 0.1) is 25.4 Å². The summed E-state index contributed by atoms with van der Waals surface area (Å²) in [5.41, 5.74) is 0. The third-order valence-electron chi connectivity index (χ3n) is 17.6. The number of amides is 1. The lowest BCUT2D eigenvalue weighted by Crippen LogP contribution is -2.45. The third kappa shape index (κ3) is 65.7. The minimum absolute atomic E-state index is 0.0192. The first kappa shape index (κ1) is 78.6. The zero-order valence-corrected chi connectivity index (χ0v) is 54.6. The molecule has 476 valence electrons. The SMILES string of the molecule is CCCCCCCCCCCCCCCCCCCCCCC(O)C(CO)NC(=O)CCCCCCCCCCC/C=C\CCCCCCCCCCCCCCOC(=O)CCCCCCCCCCCCCCCCCCCC. The number of aliphatic hydroxyl groups is 2. The van der Waals surface area contributed by atoms with Gasteiger partial charge in [0.1, 0.15) is 0 Å². The van der Waals surface area contributed by atoms with Crippen LogP contribution in [0.3, 0.4) is 0 Å². The summed E-state index contributed by atoms with van der Waals surface area (Å²) in [6.07, 6.45) is 87.0. The van der Waals surface area contributed by atoms with Crippen molar-refractivity contribution in [2.24, 2.45) is 0 Å². The lowest BCUT2D eigenvalue weighted by molar-refractivity contribution is -0.143. The lowest BCUT2D eigenvalue weighted by atomic mass is 10.0. The van der Waals surface area contributed by atoms with E-state index in [0.717, 1.165) is 38.5 Å². The summed E-state index contributed by atoms with van der Waals surface area (Å²) in [5, 5.41) is 23.4. The standard InChI is InChI=1S/C74H145NO5/c1-3-5-7-9-11-13-15-17-19-21-23-31-34-38-42-46-50-54-58-62-66-72(77)71(70-76)75-73(78)67-63-59-55-51-47-43-39-35-32-29-27-25-24-26-28-30-33-37-41-45-49-53-57-61-65-69-80-74(79)68-64-60-56-52-48-44-40-36-22-20-18-16-14-12-10-8-6-4-2/h25,27,71-72,76-77H,3-24,26,28-70H2,1-2H3,(H,75,78)/b27-25-. The molecule has 6 nitrogen and oxygen atoms in total. The molecule has 0 rings (SSSR count). The Morgan fingerprint density at radius 3 is 0.887 bits per heavy atom. The molecule has 0 bridgehead atoms. The van der Waals surface area contributed by atoms with Crippen molar-refractivity contribution < 1.29 is 24.5 Å². The number of rotatable bonds is 70. The van der Waals surface area contributed by atoms with E-state index in [1.165, 1.54) is 353 Å². The van der Waals surface area contributed by atoms with E-state index in [0.29, 0.717) is 25.9 Å². The highest BCUT2D eigenvalue weighted by Gasteiger charge is 2.20. The molecule has 3 N–H and O–H groups in total. The van der Waals surface area contributed by atoms with Crippen LogP contribution in [-0.2, 0) is 14.3 Å². The van der Waals surface area contributed by atoms with E-state index in [1.54, 1.807) is 0 Å². The van der Waals surface area contributed by atoms with Crippen LogP contribution in [0.5, 0.6) is 0 Å². The van der Waals surface area contributed by atoms with Crippen LogP contribution < -0.4 is 5.32 Å². The molecule has 0 radical (unpaired) electrons. The molecule has 0 fully saturated rings. The maximum atomic E-state index is 12.5. The summed E-state index contributed by atoms with van der Waals surface area (Å²) in [6, 6.07) is -0.544. The minimum atomic E-state index is -0.667. The second kappa shape index (κ2) is 70.1. The van der Waals surface area contributed by atoms with Gasteiger partial charge in [0.25, 0.3) is 0 Å². The van der Waals surface area contributed by atoms with Gasteiger partial charge in [0.2, 0.25) is 5.91 Å². The molecule has 0 saturated carbocycles. The van der Waals surface area contributed by atoms with Gasteiger partial charge in [-0.3, -0.25) is 9.59 Å². The Morgan fingerprint density at radius 1 is 0.338 bits per heavy atom. The molecule has 2 unspecified atom stereocenters. The second-order valence-electron chi connectivity index (χ2n) is 25.6. The van der Waals surface area contributed by atoms with Gasteiger partial charge in [0.15, 0.2) is 0 Å². The van der Waals surface area contributed by atoms with E-state index in [4.69, 9.17) is 4.74 Å². The van der Waals surface area contributed by atoms with Crippen LogP contribution in [0.2, 0.25) is 0 Å². The number of hydrogen-bond donors (Lipinski definition) is 3. The average Bonchev–Trinajstić information content (AvgIpc) is 3.46. The fraction of sp³-hybridized carbons (Fsp3) is 0.946. The van der Waals surface area contributed by atoms with Gasteiger partial charge in [-0.25, -0.2) is 0 Å². The van der Waals surface area contributed by atoms with Crippen molar-refractivity contribution in [2.45, 2.75) is 437 Å². The molecule has 1 amide bonds. The normalized spacial score (nSPS) is 12.5. The number of nitrogens with one attached hydrogen (secondary N) is 1. The first-order valence-electron chi connectivity index (χ1n) is 36.9. The minimum Gasteiger partial charge on any atom is -0.466 e. The summed E-state index contributed by atoms with van der Waals surface area (Å²) in [5.74, 6) is -0.0140. The predicted octanol–water partition coefficient (Wildman–Crippen LogP) is 23.9. The molecule has 0 aliphatic rings. The fourth-order valence-corrected chi connectivity index (χ4v) is 11.9. The predicted molar refractivity (Wildman–Crippen MR) is 352 cm³/mol. The monoisotopic (exact) mass is 1130 g/mol. The van der Waals surface area contributed by atoms with Gasteiger partial charge in [-0.05, 0) is 51.4 Å². The highest BCUT2D eigenvalue weighted by molar-refractivity contribution is 5.76. The van der Waals surface area contributed by atoms with E-state index in [2.05, 4.69) is 31.3 Å². The Balaban J connectivity index is 3.37. The van der Waals surface area contributed by atoms with Crippen LogP contribution in [-0.4, -0.2) is 47.4 Å². The topological polar surface area (TPSA) is 95.9 Å². The Kier molecular flexibility index (Phi) is 68.9. The smallest absolute Gasteiger partial charge is 0.305 e. The molecule has 6 heteroatoms. The summed E-state index contributed by atoms with van der Waals surface area (Å²) < 4.78 is 5.51. The van der Waals surface area contributed by atoms with E-state index in [-0.39, 0.29) is 18.5 Å². The van der Waals surface area contributed by atoms with Crippen LogP contribution in [0.4, 0.5) is 0 Å². The molecule has 80 heavy (non-hydrogen) atoms. The van der Waals surface area contributed by atoms with Crippen molar-refractivity contribution in [3.05, 3.63) is 12.2 Å². The largest absolute Gasteiger partial charge is 0.466 e. The molecular weight excluding hydrogens is 983 g/mol. The van der Waals surface area contributed by atoms with Crippen LogP contribution >= 0.6 is 0 Å². The van der Waals surface area contributed by atoms with E-state index >= 15 is 0 Å². The first-order chi connectivity index (χ1) is 39.5. The molecule has 0 aliphatic carbocycles. The number of ether oxygens (including phenoxy) is 1. The molecule has 0 aromatic heterocycles. The van der Waals surface area contributed by atoms with E-state index in [9.17, 15) is 19.8 Å². The Hall–Kier alpha value is -1.40. The highest BCUT2D eigenvalue weighted by atomic mass is 16.5. The number of unbranched alkanes of at least 4 members (excludes halogenated alkanes) is 57. The average molecular weight is 1130 g/mol. The van der Waals surface area contributed by atoms with Gasteiger partial charge in [-0.15, -0.1) is 0 Å². The van der Waals surface area contributed by atoms with Crippen LogP contribution in [0, 0.1) is 0 Å². The number of allylic oxidation sites excluding steroid dienone is 2. The molecule has 0 aromatic rings. The van der Waals surface area contributed by atoms with Crippen molar-refractivity contribution in [1.82, 2.24) is 5.32 Å². The molecule has 0 aliphatic heterocycles. The van der Waals surface area contributed by atoms with Gasteiger partial charge < -0.3 is 20.3 Å². The maximum Gasteiger partial charge on any atom is 0.305 e. The first-order valence-corrected chi connectivity index (χ1v) is 36.9. The van der Waals surface area contributed by atoms with Crippen molar-refractivity contribution >= 4 is 11.9 Å². The number of esters is 1. The summed E-state index contributed by atoms with van der Waals surface area (Å²) in [4.78, 5) is 24.7. The fourth-order valence-electron chi connectivity index (χ4n) is 11.9. The lowest BCUT2D eigenvalue weighted by Gasteiger charge is -2.22. The second-order valence-corrected chi connectivity index (χ2v) is 25.6. The van der Waals surface area contributed by atoms with Crippen LogP contribution in [0.25, 0.3) is 0 Å². The van der Waals surface area contributed by atoms with E-state index in [1.807, 2.05) is 0 Å². The third-order valence-corrected chi connectivity index (χ3v) is 17.6. The number of hydrogen-bond acceptors (Lipinski definition) is 5. The number of aliphatic hydroxyl groups excluding tert-OH is 2. The van der Waals surface area contributed by atoms with Crippen molar-refractivity contribution in [2.75, 3.05) is 13.2 Å². The van der Waals surface area contributed by atoms with Gasteiger partial charge >= 0.3 is 5.97 Å². The summed E-state index contributed by atoms with van der Waals surface area (Å²) in [7, 11) is 0. The Bertz CT molecular complexity index is 1210. The van der Waals surface area contributed by atoms with Crippen molar-refractivity contribution in [1.29, 1.82) is 0 Å². The molecule has 0 aromatic carbocycles. The molecule has 0 spiro atoms. The molecule has 0 saturated heterocycles.